The van der Waals surface area contributed by atoms with Crippen molar-refractivity contribution in [1.82, 2.24) is 10.2 Å². The van der Waals surface area contributed by atoms with Crippen molar-refractivity contribution in [2.24, 2.45) is 11.8 Å². The predicted octanol–water partition coefficient (Wildman–Crippen LogP) is 1.73. The van der Waals surface area contributed by atoms with Gasteiger partial charge in [-0.15, -0.1) is 0 Å². The van der Waals surface area contributed by atoms with Crippen molar-refractivity contribution in [3.05, 3.63) is 0 Å². The van der Waals surface area contributed by atoms with E-state index in [1.54, 1.807) is 0 Å². The van der Waals surface area contributed by atoms with Crippen LogP contribution in [0.2, 0.25) is 0 Å². The maximum absolute atomic E-state index is 6.06. The van der Waals surface area contributed by atoms with E-state index in [2.05, 4.69) is 31.1 Å². The highest BCUT2D eigenvalue weighted by Crippen LogP contribution is 2.38. The van der Waals surface area contributed by atoms with Crippen LogP contribution in [0.25, 0.3) is 0 Å². The summed E-state index contributed by atoms with van der Waals surface area (Å²) >= 11 is 0. The fraction of sp³-hybridized carbons (Fsp3) is 1.00. The van der Waals surface area contributed by atoms with E-state index in [1.165, 1.54) is 25.8 Å². The van der Waals surface area contributed by atoms with Crippen molar-refractivity contribution in [3.63, 3.8) is 0 Å². The zero-order valence-corrected chi connectivity index (χ0v) is 11.6. The third-order valence-electron chi connectivity index (χ3n) is 4.16. The van der Waals surface area contributed by atoms with Crippen LogP contribution in [0.4, 0.5) is 0 Å². The van der Waals surface area contributed by atoms with E-state index in [9.17, 15) is 0 Å². The summed E-state index contributed by atoms with van der Waals surface area (Å²) in [6, 6.07) is 0. The van der Waals surface area contributed by atoms with Crippen LogP contribution in [0.3, 0.4) is 0 Å². The molecule has 17 heavy (non-hydrogen) atoms. The quantitative estimate of drug-likeness (QED) is 0.733. The first kappa shape index (κ1) is 13.3. The van der Waals surface area contributed by atoms with Crippen LogP contribution >= 0.6 is 0 Å². The van der Waals surface area contributed by atoms with Gasteiger partial charge in [-0.2, -0.15) is 0 Å². The third-order valence-corrected chi connectivity index (χ3v) is 4.16. The van der Waals surface area contributed by atoms with Crippen molar-refractivity contribution in [2.45, 2.75) is 45.3 Å². The Kier molecular flexibility index (Phi) is 4.83. The first-order valence-corrected chi connectivity index (χ1v) is 7.23. The summed E-state index contributed by atoms with van der Waals surface area (Å²) in [5, 5.41) is 3.37. The summed E-state index contributed by atoms with van der Waals surface area (Å²) in [4.78, 5) is 2.47. The molecule has 0 aromatic heterocycles. The maximum Gasteiger partial charge on any atom is 0.0707 e. The highest BCUT2D eigenvalue weighted by molar-refractivity contribution is 4.85. The minimum Gasteiger partial charge on any atom is -0.372 e. The average Bonchev–Trinajstić information content (AvgIpc) is 2.78. The zero-order valence-electron chi connectivity index (χ0n) is 11.6. The van der Waals surface area contributed by atoms with Gasteiger partial charge in [0.05, 0.1) is 12.2 Å². The lowest BCUT2D eigenvalue weighted by atomic mass is 10.2. The Labute approximate surface area is 106 Å². The Morgan fingerprint density at radius 1 is 1.24 bits per heavy atom. The van der Waals surface area contributed by atoms with Gasteiger partial charge in [0.15, 0.2) is 0 Å². The smallest absolute Gasteiger partial charge is 0.0707 e. The van der Waals surface area contributed by atoms with Gasteiger partial charge in [-0.05, 0) is 44.7 Å². The van der Waals surface area contributed by atoms with E-state index >= 15 is 0 Å². The van der Waals surface area contributed by atoms with Gasteiger partial charge in [0.2, 0.25) is 0 Å². The first-order valence-electron chi connectivity index (χ1n) is 7.23. The van der Waals surface area contributed by atoms with Gasteiger partial charge < -0.3 is 15.0 Å². The van der Waals surface area contributed by atoms with Crippen molar-refractivity contribution in [1.29, 1.82) is 0 Å². The molecule has 0 bridgehead atoms. The summed E-state index contributed by atoms with van der Waals surface area (Å²) in [7, 11) is 2.24. The van der Waals surface area contributed by atoms with Gasteiger partial charge in [0.25, 0.3) is 0 Å². The van der Waals surface area contributed by atoms with Crippen molar-refractivity contribution in [2.75, 3.05) is 33.2 Å². The topological polar surface area (TPSA) is 24.5 Å². The molecule has 3 heteroatoms. The number of nitrogens with zero attached hydrogens (tertiary/aromatic N) is 1. The molecule has 0 aromatic carbocycles. The number of hydrogen-bond acceptors (Lipinski definition) is 3. The summed E-state index contributed by atoms with van der Waals surface area (Å²) in [6.07, 6.45) is 4.82. The second-order valence-corrected chi connectivity index (χ2v) is 5.96. The molecular weight excluding hydrogens is 212 g/mol. The molecule has 100 valence electrons. The van der Waals surface area contributed by atoms with E-state index in [4.69, 9.17) is 4.74 Å². The Morgan fingerprint density at radius 2 is 1.94 bits per heavy atom. The molecule has 4 atom stereocenters. The molecule has 4 unspecified atom stereocenters. The molecule has 1 saturated heterocycles. The lowest BCUT2D eigenvalue weighted by Crippen LogP contribution is -2.33. The number of likely N-dealkylation sites (N-methyl/N-ethyl adjacent to an activating group) is 2. The molecule has 1 aliphatic carbocycles. The highest BCUT2D eigenvalue weighted by atomic mass is 16.5. The Hall–Kier alpha value is -0.120. The molecule has 1 N–H and O–H groups in total. The lowest BCUT2D eigenvalue weighted by molar-refractivity contribution is 0.0273. The second-order valence-electron chi connectivity index (χ2n) is 5.96. The van der Waals surface area contributed by atoms with Crippen LogP contribution in [0.15, 0.2) is 0 Å². The molecule has 0 radical (unpaired) electrons. The normalized spacial score (nSPS) is 36.7. The standard InChI is InChI=1S/C14H28N2O/c1-4-15-8-13-5-6-14(17-13)10-16(3)9-12-7-11(12)2/h11-15H,4-10H2,1-3H3. The molecule has 0 amide bonds. The molecule has 0 aromatic rings. The van der Waals surface area contributed by atoms with Gasteiger partial charge in [0.1, 0.15) is 0 Å². The second kappa shape index (κ2) is 6.17. The lowest BCUT2D eigenvalue weighted by Gasteiger charge is -2.21. The van der Waals surface area contributed by atoms with Crippen molar-refractivity contribution >= 4 is 0 Å². The number of nitrogens with one attached hydrogen (secondary N) is 1. The molecule has 1 saturated carbocycles. The Morgan fingerprint density at radius 3 is 2.59 bits per heavy atom. The molecule has 2 fully saturated rings. The van der Waals surface area contributed by atoms with E-state index in [-0.39, 0.29) is 0 Å². The van der Waals surface area contributed by atoms with E-state index in [0.717, 1.165) is 31.5 Å². The van der Waals surface area contributed by atoms with Gasteiger partial charge in [-0.3, -0.25) is 0 Å². The Balaban J connectivity index is 1.59. The summed E-state index contributed by atoms with van der Waals surface area (Å²) in [6.45, 7) is 8.96. The fourth-order valence-electron chi connectivity index (χ4n) is 2.85. The van der Waals surface area contributed by atoms with Crippen LogP contribution < -0.4 is 5.32 Å². The molecule has 3 nitrogen and oxygen atoms in total. The molecule has 1 heterocycles. The zero-order chi connectivity index (χ0) is 12.3. The summed E-state index contributed by atoms with van der Waals surface area (Å²) in [5.41, 5.74) is 0. The first-order chi connectivity index (χ1) is 8.19. The molecule has 2 rings (SSSR count). The molecular formula is C14H28N2O. The van der Waals surface area contributed by atoms with Crippen LogP contribution in [0, 0.1) is 11.8 Å². The van der Waals surface area contributed by atoms with Gasteiger partial charge in [0, 0.05) is 19.6 Å². The SMILES string of the molecule is CCNCC1CCC(CN(C)CC2CC2C)O1. The van der Waals surface area contributed by atoms with Crippen molar-refractivity contribution < 1.29 is 4.74 Å². The maximum atomic E-state index is 6.06. The monoisotopic (exact) mass is 240 g/mol. The number of hydrogen-bond donors (Lipinski definition) is 1. The van der Waals surface area contributed by atoms with Crippen LogP contribution in [-0.4, -0.2) is 50.3 Å². The molecule has 2 aliphatic rings. The Bertz CT molecular complexity index is 234. The predicted molar refractivity (Wildman–Crippen MR) is 71.2 cm³/mol. The van der Waals surface area contributed by atoms with Crippen molar-refractivity contribution in [3.8, 4) is 0 Å². The van der Waals surface area contributed by atoms with Gasteiger partial charge in [-0.1, -0.05) is 13.8 Å². The van der Waals surface area contributed by atoms with Crippen LogP contribution in [0.1, 0.15) is 33.1 Å². The van der Waals surface area contributed by atoms with Gasteiger partial charge >= 0.3 is 0 Å². The van der Waals surface area contributed by atoms with Crippen LogP contribution in [-0.2, 0) is 4.74 Å². The van der Waals surface area contributed by atoms with Crippen LogP contribution in [0.5, 0.6) is 0 Å². The molecule has 0 spiro atoms. The van der Waals surface area contributed by atoms with E-state index in [1.807, 2.05) is 0 Å². The fourth-order valence-corrected chi connectivity index (χ4v) is 2.85. The summed E-state index contributed by atoms with van der Waals surface area (Å²) < 4.78 is 6.06. The van der Waals surface area contributed by atoms with E-state index < -0.39 is 0 Å². The minimum atomic E-state index is 0.452. The largest absolute Gasteiger partial charge is 0.372 e. The number of rotatable bonds is 7. The highest BCUT2D eigenvalue weighted by Gasteiger charge is 2.34. The minimum absolute atomic E-state index is 0.452. The van der Waals surface area contributed by atoms with Gasteiger partial charge in [-0.25, -0.2) is 0 Å². The van der Waals surface area contributed by atoms with E-state index in [0.29, 0.717) is 12.2 Å². The number of ether oxygens (including phenoxy) is 1. The average molecular weight is 240 g/mol. The third kappa shape index (κ3) is 4.23. The summed E-state index contributed by atoms with van der Waals surface area (Å²) in [5.74, 6) is 1.92. The molecule has 1 aliphatic heterocycles.